The van der Waals surface area contributed by atoms with Crippen LogP contribution in [0, 0.1) is 5.92 Å². The fraction of sp³-hybridized carbons (Fsp3) is 1.00. The van der Waals surface area contributed by atoms with Crippen LogP contribution in [0.25, 0.3) is 0 Å². The van der Waals surface area contributed by atoms with Crippen molar-refractivity contribution in [3.05, 3.63) is 0 Å². The Kier molecular flexibility index (Phi) is 4.42. The molecule has 0 saturated carbocycles. The zero-order chi connectivity index (χ0) is 10.5. The normalized spacial score (nSPS) is 37.0. The van der Waals surface area contributed by atoms with Gasteiger partial charge in [0, 0.05) is 25.8 Å². The van der Waals surface area contributed by atoms with Crippen molar-refractivity contribution in [2.45, 2.75) is 44.8 Å². The van der Waals surface area contributed by atoms with Crippen molar-refractivity contribution in [1.29, 1.82) is 0 Å². The lowest BCUT2D eigenvalue weighted by Crippen LogP contribution is -2.40. The van der Waals surface area contributed by atoms with Crippen molar-refractivity contribution in [2.24, 2.45) is 5.92 Å². The number of hydrogen-bond donors (Lipinski definition) is 1. The quantitative estimate of drug-likeness (QED) is 0.769. The maximum atomic E-state index is 5.66. The van der Waals surface area contributed by atoms with E-state index in [4.69, 9.17) is 9.47 Å². The molecule has 2 rings (SSSR count). The third-order valence-electron chi connectivity index (χ3n) is 3.54. The minimum absolute atomic E-state index is 0.482. The average molecular weight is 213 g/mol. The Hall–Kier alpha value is -0.120. The van der Waals surface area contributed by atoms with Crippen LogP contribution in [-0.2, 0) is 9.47 Å². The second-order valence-corrected chi connectivity index (χ2v) is 4.76. The summed E-state index contributed by atoms with van der Waals surface area (Å²) in [5.74, 6) is 0.743. The van der Waals surface area contributed by atoms with Gasteiger partial charge in [0.05, 0.1) is 12.7 Å². The molecule has 0 spiro atoms. The van der Waals surface area contributed by atoms with Gasteiger partial charge in [0.2, 0.25) is 0 Å². The molecule has 3 atom stereocenters. The lowest BCUT2D eigenvalue weighted by molar-refractivity contribution is -0.000637. The Labute approximate surface area is 92.5 Å². The Morgan fingerprint density at radius 3 is 2.93 bits per heavy atom. The summed E-state index contributed by atoms with van der Waals surface area (Å²) >= 11 is 0. The molecular formula is C12H23NO2. The number of rotatable bonds is 4. The third kappa shape index (κ3) is 3.44. The first kappa shape index (κ1) is 11.4. The maximum Gasteiger partial charge on any atom is 0.0587 e. The molecular weight excluding hydrogens is 190 g/mol. The Morgan fingerprint density at radius 2 is 2.20 bits per heavy atom. The zero-order valence-electron chi connectivity index (χ0n) is 9.71. The van der Waals surface area contributed by atoms with Crippen LogP contribution < -0.4 is 5.32 Å². The molecule has 2 fully saturated rings. The molecule has 0 aromatic rings. The highest BCUT2D eigenvalue weighted by molar-refractivity contribution is 4.78. The van der Waals surface area contributed by atoms with Crippen LogP contribution in [0.1, 0.15) is 32.6 Å². The summed E-state index contributed by atoms with van der Waals surface area (Å²) in [6.07, 6.45) is 5.21. The summed E-state index contributed by atoms with van der Waals surface area (Å²) in [7, 11) is 0. The monoisotopic (exact) mass is 213 g/mol. The lowest BCUT2D eigenvalue weighted by Gasteiger charge is -2.30. The fourth-order valence-electron chi connectivity index (χ4n) is 2.43. The first-order valence-electron chi connectivity index (χ1n) is 6.31. The van der Waals surface area contributed by atoms with E-state index in [1.807, 2.05) is 0 Å². The molecule has 3 unspecified atom stereocenters. The SMILES string of the molecule is CCC1CC(NCC2CCOC2)CCO1. The molecule has 15 heavy (non-hydrogen) atoms. The van der Waals surface area contributed by atoms with Gasteiger partial charge in [-0.3, -0.25) is 0 Å². The largest absolute Gasteiger partial charge is 0.381 e. The van der Waals surface area contributed by atoms with Crippen molar-refractivity contribution >= 4 is 0 Å². The van der Waals surface area contributed by atoms with Crippen LogP contribution in [0.5, 0.6) is 0 Å². The zero-order valence-corrected chi connectivity index (χ0v) is 9.71. The molecule has 2 aliphatic heterocycles. The van der Waals surface area contributed by atoms with Gasteiger partial charge in [-0.2, -0.15) is 0 Å². The Bertz CT molecular complexity index is 180. The highest BCUT2D eigenvalue weighted by atomic mass is 16.5. The van der Waals surface area contributed by atoms with Gasteiger partial charge in [0.1, 0.15) is 0 Å². The van der Waals surface area contributed by atoms with E-state index in [0.29, 0.717) is 12.1 Å². The standard InChI is InChI=1S/C12H23NO2/c1-2-12-7-11(4-6-15-12)13-8-10-3-5-14-9-10/h10-13H,2-9H2,1H3. The van der Waals surface area contributed by atoms with Gasteiger partial charge in [0.15, 0.2) is 0 Å². The van der Waals surface area contributed by atoms with E-state index in [0.717, 1.165) is 38.7 Å². The van der Waals surface area contributed by atoms with Gasteiger partial charge in [-0.25, -0.2) is 0 Å². The molecule has 0 radical (unpaired) electrons. The number of nitrogens with one attached hydrogen (secondary N) is 1. The summed E-state index contributed by atoms with van der Waals surface area (Å²) in [4.78, 5) is 0. The van der Waals surface area contributed by atoms with E-state index in [1.54, 1.807) is 0 Å². The van der Waals surface area contributed by atoms with Gasteiger partial charge >= 0.3 is 0 Å². The topological polar surface area (TPSA) is 30.5 Å². The smallest absolute Gasteiger partial charge is 0.0587 e. The van der Waals surface area contributed by atoms with E-state index in [-0.39, 0.29) is 0 Å². The summed E-state index contributed by atoms with van der Waals surface area (Å²) in [6, 6.07) is 0.671. The molecule has 0 amide bonds. The van der Waals surface area contributed by atoms with E-state index in [9.17, 15) is 0 Å². The van der Waals surface area contributed by atoms with Crippen LogP contribution in [0.4, 0.5) is 0 Å². The second-order valence-electron chi connectivity index (χ2n) is 4.76. The summed E-state index contributed by atoms with van der Waals surface area (Å²) in [6.45, 7) is 6.17. The molecule has 88 valence electrons. The Morgan fingerprint density at radius 1 is 1.27 bits per heavy atom. The molecule has 0 aliphatic carbocycles. The van der Waals surface area contributed by atoms with Gasteiger partial charge in [-0.1, -0.05) is 6.92 Å². The molecule has 3 nitrogen and oxygen atoms in total. The average Bonchev–Trinajstić information content (AvgIpc) is 2.79. The van der Waals surface area contributed by atoms with Crippen molar-refractivity contribution in [1.82, 2.24) is 5.32 Å². The predicted molar refractivity (Wildman–Crippen MR) is 60.0 cm³/mol. The Balaban J connectivity index is 1.65. The molecule has 3 heteroatoms. The maximum absolute atomic E-state index is 5.66. The molecule has 2 heterocycles. The lowest BCUT2D eigenvalue weighted by atomic mass is 10.0. The number of hydrogen-bond acceptors (Lipinski definition) is 3. The van der Waals surface area contributed by atoms with Crippen molar-refractivity contribution in [3.63, 3.8) is 0 Å². The molecule has 0 aromatic carbocycles. The van der Waals surface area contributed by atoms with Crippen LogP contribution in [0.15, 0.2) is 0 Å². The first-order chi connectivity index (χ1) is 7.38. The molecule has 0 bridgehead atoms. The van der Waals surface area contributed by atoms with Crippen LogP contribution in [-0.4, -0.2) is 38.5 Å². The molecule has 0 aromatic heterocycles. The van der Waals surface area contributed by atoms with E-state index in [1.165, 1.54) is 19.3 Å². The van der Waals surface area contributed by atoms with E-state index in [2.05, 4.69) is 12.2 Å². The van der Waals surface area contributed by atoms with Gasteiger partial charge in [-0.05, 0) is 31.6 Å². The summed E-state index contributed by atoms with van der Waals surface area (Å²) < 4.78 is 11.0. The third-order valence-corrected chi connectivity index (χ3v) is 3.54. The van der Waals surface area contributed by atoms with Crippen LogP contribution in [0.2, 0.25) is 0 Å². The highest BCUT2D eigenvalue weighted by Crippen LogP contribution is 2.17. The second kappa shape index (κ2) is 5.83. The van der Waals surface area contributed by atoms with Gasteiger partial charge in [-0.15, -0.1) is 0 Å². The van der Waals surface area contributed by atoms with E-state index < -0.39 is 0 Å². The van der Waals surface area contributed by atoms with Crippen LogP contribution in [0.3, 0.4) is 0 Å². The minimum atomic E-state index is 0.482. The van der Waals surface area contributed by atoms with E-state index >= 15 is 0 Å². The molecule has 2 saturated heterocycles. The minimum Gasteiger partial charge on any atom is -0.381 e. The molecule has 2 aliphatic rings. The number of ether oxygens (including phenoxy) is 2. The van der Waals surface area contributed by atoms with Gasteiger partial charge < -0.3 is 14.8 Å². The first-order valence-corrected chi connectivity index (χ1v) is 6.31. The summed E-state index contributed by atoms with van der Waals surface area (Å²) in [5.41, 5.74) is 0. The predicted octanol–water partition coefficient (Wildman–Crippen LogP) is 1.57. The van der Waals surface area contributed by atoms with Crippen molar-refractivity contribution < 1.29 is 9.47 Å². The van der Waals surface area contributed by atoms with Crippen molar-refractivity contribution in [2.75, 3.05) is 26.4 Å². The van der Waals surface area contributed by atoms with Crippen molar-refractivity contribution in [3.8, 4) is 0 Å². The van der Waals surface area contributed by atoms with Gasteiger partial charge in [0.25, 0.3) is 0 Å². The molecule has 1 N–H and O–H groups in total. The summed E-state index contributed by atoms with van der Waals surface area (Å²) in [5, 5.41) is 3.67. The highest BCUT2D eigenvalue weighted by Gasteiger charge is 2.22. The van der Waals surface area contributed by atoms with Crippen LogP contribution >= 0.6 is 0 Å². The fourth-order valence-corrected chi connectivity index (χ4v) is 2.43.